The van der Waals surface area contributed by atoms with Crippen LogP contribution in [0.5, 0.6) is 5.75 Å². The van der Waals surface area contributed by atoms with Crippen molar-refractivity contribution in [1.82, 2.24) is 9.55 Å². The number of ether oxygens (including phenoxy) is 1. The second-order valence-electron chi connectivity index (χ2n) is 7.25. The van der Waals surface area contributed by atoms with E-state index in [1.807, 2.05) is 0 Å². The first-order valence-corrected chi connectivity index (χ1v) is 9.51. The summed E-state index contributed by atoms with van der Waals surface area (Å²) in [5.74, 6) is -1.06. The van der Waals surface area contributed by atoms with Crippen LogP contribution < -0.4 is 20.8 Å². The predicted octanol–water partition coefficient (Wildman–Crippen LogP) is 2.02. The molecule has 2 aromatic heterocycles. The number of rotatable bonds is 5. The quantitative estimate of drug-likeness (QED) is 0.660. The molecule has 0 saturated carbocycles. The van der Waals surface area contributed by atoms with Gasteiger partial charge in [0.25, 0.3) is 0 Å². The van der Waals surface area contributed by atoms with Gasteiger partial charge in [0, 0.05) is 25.0 Å². The number of anilines is 1. The number of carboxylic acids is 1. The zero-order valence-electron chi connectivity index (χ0n) is 16.3. The molecule has 1 aliphatic heterocycles. The van der Waals surface area contributed by atoms with E-state index in [1.165, 1.54) is 17.9 Å². The third-order valence-electron chi connectivity index (χ3n) is 5.41. The SMILES string of the molecule is COc1ccc(-n2cc(C(=O)O)c(=O)c3cc(F)c(N4CCC(CN)C4)nc32)cc1. The lowest BCUT2D eigenvalue weighted by molar-refractivity contribution is 0.0695. The largest absolute Gasteiger partial charge is 0.497 e. The number of methoxy groups -OCH3 is 1. The predicted molar refractivity (Wildman–Crippen MR) is 110 cm³/mol. The molecule has 1 aliphatic rings. The van der Waals surface area contributed by atoms with Gasteiger partial charge in [-0.15, -0.1) is 0 Å². The summed E-state index contributed by atoms with van der Waals surface area (Å²) in [4.78, 5) is 30.6. The summed E-state index contributed by atoms with van der Waals surface area (Å²) in [5.41, 5.74) is 5.25. The van der Waals surface area contributed by atoms with Gasteiger partial charge in [0.1, 0.15) is 11.3 Å². The van der Waals surface area contributed by atoms with Crippen LogP contribution in [-0.2, 0) is 0 Å². The Morgan fingerprint density at radius 1 is 1.37 bits per heavy atom. The van der Waals surface area contributed by atoms with E-state index < -0.39 is 22.8 Å². The fourth-order valence-electron chi connectivity index (χ4n) is 3.75. The minimum Gasteiger partial charge on any atom is -0.497 e. The topological polar surface area (TPSA) is 111 Å². The maximum absolute atomic E-state index is 14.9. The third kappa shape index (κ3) is 3.37. The molecule has 1 unspecified atom stereocenters. The first-order valence-electron chi connectivity index (χ1n) is 9.51. The first kappa shape index (κ1) is 19.8. The van der Waals surface area contributed by atoms with Crippen molar-refractivity contribution in [2.45, 2.75) is 6.42 Å². The minimum atomic E-state index is -1.39. The molecule has 0 bridgehead atoms. The molecule has 0 spiro atoms. The van der Waals surface area contributed by atoms with E-state index in [-0.39, 0.29) is 22.8 Å². The lowest BCUT2D eigenvalue weighted by Gasteiger charge is -2.20. The molecule has 0 radical (unpaired) electrons. The van der Waals surface area contributed by atoms with Crippen LogP contribution in [0.25, 0.3) is 16.7 Å². The molecule has 1 saturated heterocycles. The number of carboxylic acid groups (broad SMARTS) is 1. The molecule has 9 heteroatoms. The van der Waals surface area contributed by atoms with Crippen molar-refractivity contribution in [1.29, 1.82) is 0 Å². The Hall–Kier alpha value is -3.46. The van der Waals surface area contributed by atoms with Crippen molar-refractivity contribution >= 4 is 22.8 Å². The summed E-state index contributed by atoms with van der Waals surface area (Å²) in [6.07, 6.45) is 2.05. The van der Waals surface area contributed by atoms with Gasteiger partial charge >= 0.3 is 5.97 Å². The number of nitrogens with zero attached hydrogens (tertiary/aromatic N) is 3. The normalized spacial score (nSPS) is 16.2. The van der Waals surface area contributed by atoms with Crippen LogP contribution in [0.3, 0.4) is 0 Å². The summed E-state index contributed by atoms with van der Waals surface area (Å²) >= 11 is 0. The number of aromatic carboxylic acids is 1. The van der Waals surface area contributed by atoms with Crippen LogP contribution in [0, 0.1) is 11.7 Å². The molecule has 30 heavy (non-hydrogen) atoms. The van der Waals surface area contributed by atoms with Gasteiger partial charge in [0.05, 0.1) is 12.5 Å². The maximum atomic E-state index is 14.9. The fraction of sp³-hybridized carbons (Fsp3) is 0.286. The van der Waals surface area contributed by atoms with Gasteiger partial charge < -0.3 is 25.0 Å². The second kappa shape index (κ2) is 7.75. The van der Waals surface area contributed by atoms with Gasteiger partial charge in [0.2, 0.25) is 5.43 Å². The highest BCUT2D eigenvalue weighted by molar-refractivity contribution is 5.92. The summed E-state index contributed by atoms with van der Waals surface area (Å²) in [6, 6.07) is 7.90. The van der Waals surface area contributed by atoms with Crippen molar-refractivity contribution in [3.05, 3.63) is 58.1 Å². The molecular weight excluding hydrogens is 391 g/mol. The third-order valence-corrected chi connectivity index (χ3v) is 5.41. The van der Waals surface area contributed by atoms with E-state index in [0.717, 1.165) is 12.5 Å². The summed E-state index contributed by atoms with van der Waals surface area (Å²) < 4.78 is 21.5. The lowest BCUT2D eigenvalue weighted by Crippen LogP contribution is -2.26. The highest BCUT2D eigenvalue weighted by Crippen LogP contribution is 2.28. The number of halogens is 1. The summed E-state index contributed by atoms with van der Waals surface area (Å²) in [7, 11) is 1.54. The molecule has 3 aromatic rings. The molecule has 1 atom stereocenters. The molecule has 0 amide bonds. The van der Waals surface area contributed by atoms with Gasteiger partial charge in [-0.3, -0.25) is 4.79 Å². The van der Waals surface area contributed by atoms with Crippen LogP contribution in [0.15, 0.2) is 41.3 Å². The Morgan fingerprint density at radius 3 is 2.70 bits per heavy atom. The van der Waals surface area contributed by atoms with Gasteiger partial charge in [0.15, 0.2) is 17.3 Å². The van der Waals surface area contributed by atoms with Crippen LogP contribution in [0.4, 0.5) is 10.2 Å². The number of fused-ring (bicyclic) bond motifs is 1. The molecule has 1 aromatic carbocycles. The molecular formula is C21H21FN4O4. The van der Waals surface area contributed by atoms with Gasteiger partial charge in [-0.05, 0) is 49.2 Å². The lowest BCUT2D eigenvalue weighted by atomic mass is 10.1. The zero-order chi connectivity index (χ0) is 21.4. The van der Waals surface area contributed by atoms with Crippen molar-refractivity contribution < 1.29 is 19.0 Å². The first-order chi connectivity index (χ1) is 14.4. The molecule has 3 heterocycles. The summed E-state index contributed by atoms with van der Waals surface area (Å²) in [6.45, 7) is 1.69. The second-order valence-corrected chi connectivity index (χ2v) is 7.25. The smallest absolute Gasteiger partial charge is 0.341 e. The van der Waals surface area contributed by atoms with E-state index in [0.29, 0.717) is 31.1 Å². The van der Waals surface area contributed by atoms with Gasteiger partial charge in [-0.1, -0.05) is 0 Å². The Kier molecular flexibility index (Phi) is 5.13. The van der Waals surface area contributed by atoms with Gasteiger partial charge in [-0.2, -0.15) is 0 Å². The Morgan fingerprint density at radius 2 is 2.10 bits per heavy atom. The summed E-state index contributed by atoms with van der Waals surface area (Å²) in [5, 5.41) is 9.37. The highest BCUT2D eigenvalue weighted by Gasteiger charge is 2.26. The number of pyridine rings is 2. The van der Waals surface area contributed by atoms with Crippen molar-refractivity contribution in [3.63, 3.8) is 0 Å². The van der Waals surface area contributed by atoms with Crippen molar-refractivity contribution in [3.8, 4) is 11.4 Å². The molecule has 0 aliphatic carbocycles. The average molecular weight is 412 g/mol. The van der Waals surface area contributed by atoms with E-state index in [4.69, 9.17) is 10.5 Å². The maximum Gasteiger partial charge on any atom is 0.341 e. The zero-order valence-corrected chi connectivity index (χ0v) is 16.3. The number of nitrogens with two attached hydrogens (primary N) is 1. The number of benzene rings is 1. The number of carbonyl (C=O) groups is 1. The standard InChI is InChI=1S/C21H21FN4O4/c1-30-14-4-2-13(3-5-14)26-11-16(21(28)29)18(27)15-8-17(22)20(24-19(15)26)25-7-6-12(9-23)10-25/h2-5,8,11-12H,6-7,9-10,23H2,1H3,(H,28,29). The number of hydrogen-bond acceptors (Lipinski definition) is 6. The highest BCUT2D eigenvalue weighted by atomic mass is 19.1. The molecule has 3 N–H and O–H groups in total. The van der Waals surface area contributed by atoms with Crippen LogP contribution >= 0.6 is 0 Å². The van der Waals surface area contributed by atoms with E-state index in [2.05, 4.69) is 4.98 Å². The Labute approximate surface area is 171 Å². The Balaban J connectivity index is 1.95. The Bertz CT molecular complexity index is 1180. The fourth-order valence-corrected chi connectivity index (χ4v) is 3.75. The number of aromatic nitrogens is 2. The van der Waals surface area contributed by atoms with Crippen LogP contribution in [0.1, 0.15) is 16.8 Å². The van der Waals surface area contributed by atoms with Crippen LogP contribution in [0.2, 0.25) is 0 Å². The number of hydrogen-bond donors (Lipinski definition) is 2. The van der Waals surface area contributed by atoms with E-state index >= 15 is 0 Å². The molecule has 4 rings (SSSR count). The van der Waals surface area contributed by atoms with Gasteiger partial charge in [-0.25, -0.2) is 14.2 Å². The van der Waals surface area contributed by atoms with Crippen molar-refractivity contribution in [2.24, 2.45) is 11.7 Å². The van der Waals surface area contributed by atoms with E-state index in [1.54, 1.807) is 29.2 Å². The molecule has 156 valence electrons. The molecule has 1 fully saturated rings. The van der Waals surface area contributed by atoms with E-state index in [9.17, 15) is 19.1 Å². The minimum absolute atomic E-state index is 0.0958. The van der Waals surface area contributed by atoms with Crippen LogP contribution in [-0.4, -0.2) is 47.4 Å². The van der Waals surface area contributed by atoms with Crippen molar-refractivity contribution in [2.75, 3.05) is 31.6 Å². The average Bonchev–Trinajstić information content (AvgIpc) is 3.23. The molecule has 8 nitrogen and oxygen atoms in total. The monoisotopic (exact) mass is 412 g/mol.